The molecule has 1 fully saturated rings. The van der Waals surface area contributed by atoms with Crippen LogP contribution in [0.25, 0.3) is 17.1 Å². The minimum atomic E-state index is 0.289. The highest BCUT2D eigenvalue weighted by molar-refractivity contribution is 5.68. The molecular formula is C32H38N8. The first-order valence-electron chi connectivity index (χ1n) is 15.0. The third kappa shape index (κ3) is 5.20. The average Bonchev–Trinajstić information content (AvgIpc) is 3.12. The summed E-state index contributed by atoms with van der Waals surface area (Å²) in [5, 5.41) is 21.1. The summed E-state index contributed by atoms with van der Waals surface area (Å²) < 4.78 is 1.58. The quantitative estimate of drug-likeness (QED) is 0.282. The van der Waals surface area contributed by atoms with Gasteiger partial charge < -0.3 is 16.4 Å². The van der Waals surface area contributed by atoms with Crippen molar-refractivity contribution in [3.8, 4) is 17.1 Å². The van der Waals surface area contributed by atoms with E-state index in [0.29, 0.717) is 23.8 Å². The molecule has 0 spiro atoms. The maximum absolute atomic E-state index is 6.31. The van der Waals surface area contributed by atoms with Crippen LogP contribution in [0.15, 0.2) is 48.5 Å². The van der Waals surface area contributed by atoms with E-state index in [0.717, 1.165) is 43.5 Å². The number of hydrogen-bond acceptors (Lipinski definition) is 7. The van der Waals surface area contributed by atoms with Crippen LogP contribution in [0.5, 0.6) is 0 Å². The van der Waals surface area contributed by atoms with Crippen molar-refractivity contribution < 1.29 is 0 Å². The molecule has 40 heavy (non-hydrogen) atoms. The van der Waals surface area contributed by atoms with E-state index in [-0.39, 0.29) is 5.95 Å². The third-order valence-corrected chi connectivity index (χ3v) is 8.94. The molecule has 2 heterocycles. The maximum atomic E-state index is 6.31. The Morgan fingerprint density at radius 2 is 1.52 bits per heavy atom. The van der Waals surface area contributed by atoms with E-state index in [4.69, 9.17) is 5.73 Å². The predicted molar refractivity (Wildman–Crippen MR) is 159 cm³/mol. The van der Waals surface area contributed by atoms with Gasteiger partial charge in [-0.25, -0.2) is 0 Å². The Morgan fingerprint density at radius 1 is 0.725 bits per heavy atom. The number of fused-ring (bicyclic) bond motifs is 4. The van der Waals surface area contributed by atoms with Gasteiger partial charge in [-0.3, -0.25) is 0 Å². The first kappa shape index (κ1) is 25.2. The number of nitrogens with two attached hydrogens (primary N) is 1. The van der Waals surface area contributed by atoms with Gasteiger partial charge in [-0.15, -0.1) is 15.3 Å². The lowest BCUT2D eigenvalue weighted by Crippen LogP contribution is -2.39. The molecule has 1 saturated carbocycles. The van der Waals surface area contributed by atoms with Crippen molar-refractivity contribution in [1.29, 1.82) is 0 Å². The summed E-state index contributed by atoms with van der Waals surface area (Å²) in [6.45, 7) is 0. The zero-order valence-corrected chi connectivity index (χ0v) is 23.1. The Kier molecular flexibility index (Phi) is 6.93. The summed E-state index contributed by atoms with van der Waals surface area (Å²) >= 11 is 0. The van der Waals surface area contributed by atoms with E-state index >= 15 is 0 Å². The Bertz CT molecular complexity index is 1500. The Balaban J connectivity index is 1.06. The molecule has 0 saturated heterocycles. The zero-order valence-electron chi connectivity index (χ0n) is 23.1. The fourth-order valence-corrected chi connectivity index (χ4v) is 6.81. The highest BCUT2D eigenvalue weighted by Crippen LogP contribution is 2.32. The molecule has 4 aromatic rings. The molecule has 0 aliphatic heterocycles. The highest BCUT2D eigenvalue weighted by Gasteiger charge is 2.22. The number of nitrogens with zero attached hydrogens (tertiary/aromatic N) is 5. The van der Waals surface area contributed by atoms with Gasteiger partial charge in [-0.2, -0.15) is 9.67 Å². The van der Waals surface area contributed by atoms with Crippen molar-refractivity contribution in [2.75, 3.05) is 11.1 Å². The fourth-order valence-electron chi connectivity index (χ4n) is 6.81. The minimum absolute atomic E-state index is 0.289. The van der Waals surface area contributed by atoms with E-state index < -0.39 is 0 Å². The van der Waals surface area contributed by atoms with Gasteiger partial charge >= 0.3 is 0 Å². The SMILES string of the molecule is Nc1nc(Nc2ccc3c(c2)CC[C@@H](NC2CCCCC2)CC3)nn1-c1cc2c(nn1)-c1ccccc1CCC2. The van der Waals surface area contributed by atoms with Crippen LogP contribution in [0.2, 0.25) is 0 Å². The number of aryl methyl sites for hydroxylation is 4. The van der Waals surface area contributed by atoms with Gasteiger partial charge in [0.15, 0.2) is 5.82 Å². The first-order valence-corrected chi connectivity index (χ1v) is 15.0. The minimum Gasteiger partial charge on any atom is -0.368 e. The first-order chi connectivity index (χ1) is 19.7. The van der Waals surface area contributed by atoms with E-state index in [1.807, 2.05) is 0 Å². The predicted octanol–water partition coefficient (Wildman–Crippen LogP) is 5.71. The molecule has 206 valence electrons. The highest BCUT2D eigenvalue weighted by atomic mass is 15.4. The second kappa shape index (κ2) is 11.0. The van der Waals surface area contributed by atoms with Crippen LogP contribution in [0.3, 0.4) is 0 Å². The molecule has 0 amide bonds. The molecule has 8 heteroatoms. The van der Waals surface area contributed by atoms with Crippen LogP contribution in [-0.4, -0.2) is 37.0 Å². The summed E-state index contributed by atoms with van der Waals surface area (Å²) in [6, 6.07) is 18.5. The van der Waals surface area contributed by atoms with Crippen LogP contribution in [0.1, 0.15) is 73.6 Å². The van der Waals surface area contributed by atoms with Gasteiger partial charge in [-0.1, -0.05) is 49.6 Å². The van der Waals surface area contributed by atoms with Crippen LogP contribution < -0.4 is 16.4 Å². The van der Waals surface area contributed by atoms with Crippen molar-refractivity contribution in [1.82, 2.24) is 30.3 Å². The molecule has 1 atom stereocenters. The van der Waals surface area contributed by atoms with Crippen molar-refractivity contribution in [2.24, 2.45) is 0 Å². The second-order valence-corrected chi connectivity index (χ2v) is 11.7. The number of nitrogen functional groups attached to an aromatic ring is 1. The van der Waals surface area contributed by atoms with Crippen LogP contribution in [0, 0.1) is 0 Å². The zero-order chi connectivity index (χ0) is 26.9. The standard InChI is InChI=1S/C32H38N8/c33-31-36-32(39-40(31)29-20-24-9-6-8-22-7-4-5-12-28(22)30(24)38-37-29)35-27-18-14-21-13-16-26(17-15-23(21)19-27)34-25-10-2-1-3-11-25/h4-5,7,12,14,18-20,25-26,34H,1-3,6,8-11,13,15-17H2,(H3,33,35,36,39)/t26-/m0/s1. The average molecular weight is 535 g/mol. The van der Waals surface area contributed by atoms with Gasteiger partial charge in [0.25, 0.3) is 0 Å². The molecule has 7 rings (SSSR count). The molecule has 2 aromatic heterocycles. The van der Waals surface area contributed by atoms with Crippen LogP contribution in [-0.2, 0) is 25.7 Å². The molecule has 4 N–H and O–H groups in total. The van der Waals surface area contributed by atoms with Crippen molar-refractivity contribution in [3.63, 3.8) is 0 Å². The lowest BCUT2D eigenvalue weighted by atomic mass is 9.94. The molecule has 3 aliphatic rings. The Labute approximate surface area is 235 Å². The number of nitrogens with one attached hydrogen (secondary N) is 2. The van der Waals surface area contributed by atoms with E-state index in [1.54, 1.807) is 4.68 Å². The number of hydrogen-bond donors (Lipinski definition) is 3. The fraction of sp³-hybridized carbons (Fsp3) is 0.438. The van der Waals surface area contributed by atoms with Crippen molar-refractivity contribution >= 4 is 17.6 Å². The normalized spacial score (nSPS) is 19.1. The molecule has 8 nitrogen and oxygen atoms in total. The Hall–Kier alpha value is -3.78. The number of aromatic nitrogens is 5. The van der Waals surface area contributed by atoms with Gasteiger partial charge in [0.2, 0.25) is 11.9 Å². The van der Waals surface area contributed by atoms with Gasteiger partial charge in [0, 0.05) is 23.3 Å². The topological polar surface area (TPSA) is 107 Å². The molecule has 3 aliphatic carbocycles. The summed E-state index contributed by atoms with van der Waals surface area (Å²) in [5.41, 5.74) is 14.8. The summed E-state index contributed by atoms with van der Waals surface area (Å²) in [4.78, 5) is 4.50. The van der Waals surface area contributed by atoms with E-state index in [9.17, 15) is 0 Å². The van der Waals surface area contributed by atoms with Gasteiger partial charge in [0.1, 0.15) is 0 Å². The number of benzene rings is 2. The van der Waals surface area contributed by atoms with Gasteiger partial charge in [-0.05, 0) is 98.2 Å². The van der Waals surface area contributed by atoms with Crippen LogP contribution >= 0.6 is 0 Å². The largest absolute Gasteiger partial charge is 0.368 e. The third-order valence-electron chi connectivity index (χ3n) is 8.94. The monoisotopic (exact) mass is 534 g/mol. The van der Waals surface area contributed by atoms with Crippen LogP contribution in [0.4, 0.5) is 17.6 Å². The molecule has 0 bridgehead atoms. The number of rotatable bonds is 5. The van der Waals surface area contributed by atoms with Crippen molar-refractivity contribution in [2.45, 2.75) is 89.1 Å². The lowest BCUT2D eigenvalue weighted by Gasteiger charge is -2.28. The summed E-state index contributed by atoms with van der Waals surface area (Å²) in [6.07, 6.45) is 14.5. The maximum Gasteiger partial charge on any atom is 0.248 e. The number of anilines is 3. The van der Waals surface area contributed by atoms with Crippen molar-refractivity contribution in [3.05, 3.63) is 70.8 Å². The summed E-state index contributed by atoms with van der Waals surface area (Å²) in [5.74, 6) is 1.34. The molecule has 0 unspecified atom stereocenters. The smallest absolute Gasteiger partial charge is 0.248 e. The molecule has 2 aromatic carbocycles. The second-order valence-electron chi connectivity index (χ2n) is 11.7. The molecular weight excluding hydrogens is 496 g/mol. The van der Waals surface area contributed by atoms with E-state index in [1.165, 1.54) is 72.8 Å². The lowest BCUT2D eigenvalue weighted by molar-refractivity contribution is 0.321. The Morgan fingerprint density at radius 3 is 2.42 bits per heavy atom. The van der Waals surface area contributed by atoms with Gasteiger partial charge in [0.05, 0.1) is 5.69 Å². The van der Waals surface area contributed by atoms with E-state index in [2.05, 4.69) is 79.4 Å². The molecule has 0 radical (unpaired) electrons. The summed E-state index contributed by atoms with van der Waals surface area (Å²) in [7, 11) is 0.